The Morgan fingerprint density at radius 3 is 1.38 bits per heavy atom. The van der Waals surface area contributed by atoms with Crippen molar-refractivity contribution in [1.82, 2.24) is 19.9 Å². The predicted octanol–water partition coefficient (Wildman–Crippen LogP) is 5.45. The molecule has 8 bridgehead atoms. The van der Waals surface area contributed by atoms with E-state index >= 15 is 0 Å². The lowest BCUT2D eigenvalue weighted by Gasteiger charge is -1.86. The molecule has 3 aromatic heterocycles. The Morgan fingerprint density at radius 1 is 0.552 bits per heavy atom. The molecule has 1 fully saturated rings. The van der Waals surface area contributed by atoms with E-state index in [2.05, 4.69) is 50.3 Å². The van der Waals surface area contributed by atoms with Gasteiger partial charge in [-0.05, 0) is 85.7 Å². The molecule has 0 aromatic carbocycles. The van der Waals surface area contributed by atoms with Crippen molar-refractivity contribution in [2.24, 2.45) is 0 Å². The second-order valence-corrected chi connectivity index (χ2v) is 7.22. The highest BCUT2D eigenvalue weighted by Crippen LogP contribution is 2.17. The van der Waals surface area contributed by atoms with Gasteiger partial charge in [-0.1, -0.05) is 0 Å². The van der Waals surface area contributed by atoms with Crippen molar-refractivity contribution in [1.29, 1.82) is 0 Å². The summed E-state index contributed by atoms with van der Waals surface area (Å²) in [7, 11) is 0. The van der Waals surface area contributed by atoms with Crippen LogP contribution in [0.4, 0.5) is 0 Å². The van der Waals surface area contributed by atoms with Gasteiger partial charge in [0.25, 0.3) is 0 Å². The zero-order valence-electron chi connectivity index (χ0n) is 16.1. The normalized spacial score (nSPS) is 14.6. The third-order valence-electron chi connectivity index (χ3n) is 4.87. The average Bonchev–Trinajstić information content (AvgIpc) is 3.50. The Labute approximate surface area is 168 Å². The Hall–Kier alpha value is -3.44. The van der Waals surface area contributed by atoms with Crippen LogP contribution in [0, 0.1) is 0 Å². The number of ether oxygens (including phenoxy) is 1. The molecule has 0 aliphatic carbocycles. The van der Waals surface area contributed by atoms with Gasteiger partial charge in [0.1, 0.15) is 0 Å². The lowest BCUT2D eigenvalue weighted by atomic mass is 10.3. The topological polar surface area (TPSA) is 66.6 Å². The minimum absolute atomic E-state index is 0.915. The first kappa shape index (κ1) is 17.6. The monoisotopic (exact) mass is 382 g/mol. The molecule has 5 nitrogen and oxygen atoms in total. The number of rotatable bonds is 0. The van der Waals surface area contributed by atoms with Gasteiger partial charge in [0, 0.05) is 35.3 Å². The summed E-state index contributed by atoms with van der Waals surface area (Å²) in [5.74, 6) is 0. The number of nitrogens with one attached hydrogen (secondary N) is 2. The first-order chi connectivity index (χ1) is 14.3. The number of H-pyrrole nitrogens is 2. The van der Waals surface area contributed by atoms with E-state index in [4.69, 9.17) is 4.74 Å². The van der Waals surface area contributed by atoms with Gasteiger partial charge in [-0.25, -0.2) is 9.97 Å². The maximum absolute atomic E-state index is 4.94. The van der Waals surface area contributed by atoms with Gasteiger partial charge in [-0.2, -0.15) is 0 Å². The smallest absolute Gasteiger partial charge is 0.0659 e. The molecule has 6 rings (SSSR count). The van der Waals surface area contributed by atoms with Gasteiger partial charge in [0.05, 0.1) is 22.8 Å². The third kappa shape index (κ3) is 4.36. The van der Waals surface area contributed by atoms with Gasteiger partial charge in [-0.3, -0.25) is 0 Å². The molecular formula is C24H22N4O. The van der Waals surface area contributed by atoms with E-state index in [1.807, 2.05) is 42.5 Å². The van der Waals surface area contributed by atoms with Crippen molar-refractivity contribution >= 4 is 46.4 Å². The molecule has 3 aliphatic heterocycles. The molecule has 0 amide bonds. The van der Waals surface area contributed by atoms with Crippen molar-refractivity contribution in [3.63, 3.8) is 0 Å². The van der Waals surface area contributed by atoms with Crippen LogP contribution < -0.4 is 0 Å². The summed E-state index contributed by atoms with van der Waals surface area (Å²) >= 11 is 0. The first-order valence-electron chi connectivity index (χ1n) is 9.92. The Morgan fingerprint density at radius 2 is 0.966 bits per heavy atom. The molecule has 0 unspecified atom stereocenters. The summed E-state index contributed by atoms with van der Waals surface area (Å²) in [6.07, 6.45) is 10.6. The number of nitrogens with zero attached hydrogens (tertiary/aromatic N) is 2. The number of fused-ring (bicyclic) bond motifs is 8. The average molecular weight is 382 g/mol. The summed E-state index contributed by atoms with van der Waals surface area (Å²) in [6, 6.07) is 16.4. The van der Waals surface area contributed by atoms with Gasteiger partial charge in [-0.15, -0.1) is 0 Å². The highest BCUT2D eigenvalue weighted by Gasteiger charge is 2.02. The first-order valence-corrected chi connectivity index (χ1v) is 9.92. The lowest BCUT2D eigenvalue weighted by Crippen LogP contribution is -1.77. The summed E-state index contributed by atoms with van der Waals surface area (Å²) < 4.78 is 4.94. The van der Waals surface area contributed by atoms with Crippen LogP contribution in [0.1, 0.15) is 35.6 Å². The molecular weight excluding hydrogens is 360 g/mol. The highest BCUT2D eigenvalue weighted by molar-refractivity contribution is 5.77. The largest absolute Gasteiger partial charge is 0.381 e. The minimum atomic E-state index is 0.915. The fourth-order valence-electron chi connectivity index (χ4n) is 3.45. The standard InChI is InChI=1S/C20H14N4.C4H8O/c1-2-14-10-16-5-6-18(23-16)12-20-8-7-19(24-20)11-17-4-3-15(22-17)9-13(1)21-14;1-2-4-5-3-1/h1-12,21-22H;1-4H2. The predicted molar refractivity (Wildman–Crippen MR) is 119 cm³/mol. The number of aromatic amines is 2. The van der Waals surface area contributed by atoms with E-state index in [0.717, 1.165) is 58.1 Å². The van der Waals surface area contributed by atoms with Crippen LogP contribution in [-0.4, -0.2) is 33.1 Å². The second-order valence-electron chi connectivity index (χ2n) is 7.22. The van der Waals surface area contributed by atoms with E-state index in [-0.39, 0.29) is 0 Å². The van der Waals surface area contributed by atoms with Crippen molar-refractivity contribution < 1.29 is 4.74 Å². The fraction of sp³-hybridized carbons (Fsp3) is 0.167. The number of hydrogen-bond acceptors (Lipinski definition) is 3. The Kier molecular flexibility index (Phi) is 4.80. The SMILES string of the molecule is C1=Cc2cc3ccc(cc4ccc(cc5nc(cc1n2)C=C5)[nH]4)[nH]3.C1CCOC1. The maximum Gasteiger partial charge on any atom is 0.0659 e. The highest BCUT2D eigenvalue weighted by atomic mass is 16.5. The molecule has 0 atom stereocenters. The molecule has 0 spiro atoms. The molecule has 6 heterocycles. The van der Waals surface area contributed by atoms with Crippen LogP contribution in [0.25, 0.3) is 46.4 Å². The van der Waals surface area contributed by atoms with Gasteiger partial charge in [0.2, 0.25) is 0 Å². The van der Waals surface area contributed by atoms with Crippen molar-refractivity contribution in [3.8, 4) is 0 Å². The van der Waals surface area contributed by atoms with Crippen molar-refractivity contribution in [2.75, 3.05) is 13.2 Å². The van der Waals surface area contributed by atoms with Crippen LogP contribution in [0.3, 0.4) is 0 Å². The molecule has 2 N–H and O–H groups in total. The van der Waals surface area contributed by atoms with Gasteiger partial charge >= 0.3 is 0 Å². The van der Waals surface area contributed by atoms with Crippen LogP contribution in [0.15, 0.2) is 48.5 Å². The second kappa shape index (κ2) is 7.89. The number of hydrogen-bond donors (Lipinski definition) is 2. The van der Waals surface area contributed by atoms with Crippen molar-refractivity contribution in [2.45, 2.75) is 12.8 Å². The summed E-state index contributed by atoms with van der Waals surface area (Å²) in [5.41, 5.74) is 7.86. The molecule has 1 saturated heterocycles. The van der Waals surface area contributed by atoms with E-state index in [9.17, 15) is 0 Å². The van der Waals surface area contributed by atoms with Crippen LogP contribution in [0.5, 0.6) is 0 Å². The zero-order valence-corrected chi connectivity index (χ0v) is 16.1. The number of aromatic nitrogens is 4. The Bertz CT molecular complexity index is 1150. The van der Waals surface area contributed by atoms with Crippen LogP contribution >= 0.6 is 0 Å². The molecule has 0 radical (unpaired) electrons. The molecule has 144 valence electrons. The van der Waals surface area contributed by atoms with Crippen LogP contribution in [-0.2, 0) is 4.74 Å². The van der Waals surface area contributed by atoms with E-state index in [1.54, 1.807) is 0 Å². The third-order valence-corrected chi connectivity index (χ3v) is 4.87. The molecule has 3 aromatic rings. The maximum atomic E-state index is 4.94. The van der Waals surface area contributed by atoms with E-state index < -0.39 is 0 Å². The van der Waals surface area contributed by atoms with Crippen LogP contribution in [0.2, 0.25) is 0 Å². The van der Waals surface area contributed by atoms with E-state index in [0.29, 0.717) is 0 Å². The lowest BCUT2D eigenvalue weighted by molar-refractivity contribution is 0.198. The fourth-order valence-corrected chi connectivity index (χ4v) is 3.45. The zero-order chi connectivity index (χ0) is 19.5. The molecule has 3 aliphatic rings. The summed E-state index contributed by atoms with van der Waals surface area (Å²) in [6.45, 7) is 2.00. The quantitative estimate of drug-likeness (QED) is 0.374. The summed E-state index contributed by atoms with van der Waals surface area (Å²) in [4.78, 5) is 16.0. The van der Waals surface area contributed by atoms with Gasteiger partial charge < -0.3 is 14.7 Å². The van der Waals surface area contributed by atoms with Gasteiger partial charge in [0.15, 0.2) is 0 Å². The minimum Gasteiger partial charge on any atom is -0.381 e. The summed E-state index contributed by atoms with van der Waals surface area (Å²) in [5, 5.41) is 0. The van der Waals surface area contributed by atoms with Crippen molar-refractivity contribution in [3.05, 3.63) is 71.3 Å². The molecule has 5 heteroatoms. The molecule has 29 heavy (non-hydrogen) atoms. The van der Waals surface area contributed by atoms with E-state index in [1.165, 1.54) is 12.8 Å². The Balaban J connectivity index is 0.000000319. The molecule has 0 saturated carbocycles.